The van der Waals surface area contributed by atoms with Gasteiger partial charge in [0.1, 0.15) is 0 Å². The molecule has 1 aromatic carbocycles. The summed E-state index contributed by atoms with van der Waals surface area (Å²) in [5, 5.41) is 0. The number of benzene rings is 1. The van der Waals surface area contributed by atoms with E-state index in [9.17, 15) is 0 Å². The first-order valence-corrected chi connectivity index (χ1v) is 6.55. The fraction of sp³-hybridized carbons (Fsp3) is 0.600. The van der Waals surface area contributed by atoms with Crippen LogP contribution in [-0.4, -0.2) is 25.5 Å². The van der Waals surface area contributed by atoms with Gasteiger partial charge in [-0.1, -0.05) is 44.5 Å². The second kappa shape index (κ2) is 6.77. The summed E-state index contributed by atoms with van der Waals surface area (Å²) in [4.78, 5) is 2.26. The fourth-order valence-electron chi connectivity index (χ4n) is 2.43. The molecule has 0 bridgehead atoms. The van der Waals surface area contributed by atoms with E-state index in [0.717, 1.165) is 6.54 Å². The van der Waals surface area contributed by atoms with Gasteiger partial charge in [-0.05, 0) is 44.1 Å². The lowest BCUT2D eigenvalue weighted by Gasteiger charge is -2.30. The van der Waals surface area contributed by atoms with Crippen LogP contribution in [0.1, 0.15) is 37.4 Å². The maximum Gasteiger partial charge on any atom is 0.0379 e. The van der Waals surface area contributed by atoms with E-state index >= 15 is 0 Å². The van der Waals surface area contributed by atoms with Gasteiger partial charge in [0.2, 0.25) is 0 Å². The number of nitrogens with two attached hydrogens (primary N) is 1. The number of rotatable bonds is 6. The van der Waals surface area contributed by atoms with Crippen molar-refractivity contribution >= 4 is 0 Å². The van der Waals surface area contributed by atoms with Gasteiger partial charge in [-0.15, -0.1) is 0 Å². The molecule has 0 heterocycles. The first kappa shape index (κ1) is 14.2. The Morgan fingerprint density at radius 2 is 1.76 bits per heavy atom. The fourth-order valence-corrected chi connectivity index (χ4v) is 2.43. The molecule has 0 saturated carbocycles. The summed E-state index contributed by atoms with van der Waals surface area (Å²) in [5.41, 5.74) is 8.59. The SMILES string of the molecule is CCCc1ccc(C(C(C)CN)N(C)C)cc1. The standard InChI is InChI=1S/C15H26N2/c1-5-6-13-7-9-14(10-8-13)15(17(3)4)12(2)11-16/h7-10,12,15H,5-6,11,16H2,1-4H3. The first-order chi connectivity index (χ1) is 8.10. The minimum absolute atomic E-state index is 0.413. The molecule has 0 aliphatic carbocycles. The molecule has 0 aromatic heterocycles. The minimum atomic E-state index is 0.413. The largest absolute Gasteiger partial charge is 0.330 e. The van der Waals surface area contributed by atoms with Crippen molar-refractivity contribution in [2.45, 2.75) is 32.7 Å². The molecular weight excluding hydrogens is 208 g/mol. The van der Waals surface area contributed by atoms with Crippen LogP contribution in [0.3, 0.4) is 0 Å². The average Bonchev–Trinajstić information content (AvgIpc) is 2.31. The Kier molecular flexibility index (Phi) is 5.66. The third-order valence-electron chi connectivity index (χ3n) is 3.33. The third-order valence-corrected chi connectivity index (χ3v) is 3.33. The molecule has 2 heteroatoms. The van der Waals surface area contributed by atoms with E-state index in [4.69, 9.17) is 5.73 Å². The Labute approximate surface area is 106 Å². The van der Waals surface area contributed by atoms with Crippen LogP contribution in [-0.2, 0) is 6.42 Å². The van der Waals surface area contributed by atoms with Gasteiger partial charge >= 0.3 is 0 Å². The summed E-state index contributed by atoms with van der Waals surface area (Å²) < 4.78 is 0. The molecule has 0 fully saturated rings. The maximum absolute atomic E-state index is 5.80. The Morgan fingerprint density at radius 1 is 1.18 bits per heavy atom. The van der Waals surface area contributed by atoms with E-state index in [1.807, 2.05) is 0 Å². The van der Waals surface area contributed by atoms with Gasteiger partial charge in [0.05, 0.1) is 0 Å². The Balaban J connectivity index is 2.87. The van der Waals surface area contributed by atoms with Gasteiger partial charge < -0.3 is 10.6 Å². The van der Waals surface area contributed by atoms with Crippen molar-refractivity contribution in [3.05, 3.63) is 35.4 Å². The highest BCUT2D eigenvalue weighted by Crippen LogP contribution is 2.26. The van der Waals surface area contributed by atoms with Crippen molar-refractivity contribution in [3.8, 4) is 0 Å². The van der Waals surface area contributed by atoms with Gasteiger partial charge in [-0.25, -0.2) is 0 Å². The normalized spacial score (nSPS) is 14.9. The van der Waals surface area contributed by atoms with E-state index in [1.165, 1.54) is 24.0 Å². The maximum atomic E-state index is 5.80. The van der Waals surface area contributed by atoms with Crippen LogP contribution in [0.4, 0.5) is 0 Å². The lowest BCUT2D eigenvalue weighted by molar-refractivity contribution is 0.227. The molecule has 2 atom stereocenters. The van der Waals surface area contributed by atoms with Crippen LogP contribution in [0.25, 0.3) is 0 Å². The molecule has 17 heavy (non-hydrogen) atoms. The molecule has 96 valence electrons. The molecule has 1 rings (SSSR count). The highest BCUT2D eigenvalue weighted by atomic mass is 15.1. The van der Waals surface area contributed by atoms with E-state index in [2.05, 4.69) is 57.1 Å². The Hall–Kier alpha value is -0.860. The topological polar surface area (TPSA) is 29.3 Å². The van der Waals surface area contributed by atoms with E-state index in [1.54, 1.807) is 0 Å². The summed E-state index contributed by atoms with van der Waals surface area (Å²) in [6.45, 7) is 5.15. The van der Waals surface area contributed by atoms with Gasteiger partial charge in [0, 0.05) is 6.04 Å². The Morgan fingerprint density at radius 3 is 2.18 bits per heavy atom. The highest BCUT2D eigenvalue weighted by molar-refractivity contribution is 5.25. The highest BCUT2D eigenvalue weighted by Gasteiger charge is 2.20. The third kappa shape index (κ3) is 3.83. The zero-order valence-electron chi connectivity index (χ0n) is 11.6. The van der Waals surface area contributed by atoms with Crippen LogP contribution in [0, 0.1) is 5.92 Å². The molecule has 2 unspecified atom stereocenters. The summed E-state index contributed by atoms with van der Waals surface area (Å²) in [6, 6.07) is 9.41. The smallest absolute Gasteiger partial charge is 0.0379 e. The number of hydrogen-bond donors (Lipinski definition) is 1. The van der Waals surface area contributed by atoms with Crippen molar-refractivity contribution in [3.63, 3.8) is 0 Å². The van der Waals surface area contributed by atoms with Gasteiger partial charge in [-0.2, -0.15) is 0 Å². The van der Waals surface area contributed by atoms with Crippen molar-refractivity contribution in [2.24, 2.45) is 11.7 Å². The van der Waals surface area contributed by atoms with Crippen LogP contribution < -0.4 is 5.73 Å². The summed E-state index contributed by atoms with van der Waals surface area (Å²) in [5.74, 6) is 0.474. The number of nitrogens with zero attached hydrogens (tertiary/aromatic N) is 1. The molecule has 0 aliphatic heterocycles. The van der Waals surface area contributed by atoms with Crippen LogP contribution in [0.2, 0.25) is 0 Å². The lowest BCUT2D eigenvalue weighted by Crippen LogP contribution is -2.30. The predicted molar refractivity (Wildman–Crippen MR) is 75.1 cm³/mol. The second-order valence-electron chi connectivity index (χ2n) is 5.11. The zero-order chi connectivity index (χ0) is 12.8. The summed E-state index contributed by atoms with van der Waals surface area (Å²) >= 11 is 0. The molecule has 0 radical (unpaired) electrons. The van der Waals surface area contributed by atoms with E-state index < -0.39 is 0 Å². The molecule has 2 N–H and O–H groups in total. The van der Waals surface area contributed by atoms with Crippen LogP contribution in [0.5, 0.6) is 0 Å². The molecule has 2 nitrogen and oxygen atoms in total. The second-order valence-corrected chi connectivity index (χ2v) is 5.11. The molecule has 0 amide bonds. The van der Waals surface area contributed by atoms with Gasteiger partial charge in [0.15, 0.2) is 0 Å². The molecular formula is C15H26N2. The number of hydrogen-bond acceptors (Lipinski definition) is 2. The summed E-state index contributed by atoms with van der Waals surface area (Å²) in [7, 11) is 4.24. The van der Waals surface area contributed by atoms with Gasteiger partial charge in [-0.3, -0.25) is 0 Å². The van der Waals surface area contributed by atoms with Crippen molar-refractivity contribution in [1.82, 2.24) is 4.90 Å². The van der Waals surface area contributed by atoms with Gasteiger partial charge in [0.25, 0.3) is 0 Å². The molecule has 0 saturated heterocycles. The molecule has 0 spiro atoms. The zero-order valence-corrected chi connectivity index (χ0v) is 11.6. The van der Waals surface area contributed by atoms with Crippen LogP contribution >= 0.6 is 0 Å². The average molecular weight is 234 g/mol. The predicted octanol–water partition coefficient (Wildman–Crippen LogP) is 2.84. The Bertz CT molecular complexity index is 316. The number of aryl methyl sites for hydroxylation is 1. The monoisotopic (exact) mass is 234 g/mol. The summed E-state index contributed by atoms with van der Waals surface area (Å²) in [6.07, 6.45) is 2.37. The van der Waals surface area contributed by atoms with Crippen molar-refractivity contribution in [2.75, 3.05) is 20.6 Å². The lowest BCUT2D eigenvalue weighted by atomic mass is 9.92. The van der Waals surface area contributed by atoms with E-state index in [0.29, 0.717) is 12.0 Å². The molecule has 0 aliphatic rings. The van der Waals surface area contributed by atoms with Crippen molar-refractivity contribution < 1.29 is 0 Å². The first-order valence-electron chi connectivity index (χ1n) is 6.55. The minimum Gasteiger partial charge on any atom is -0.330 e. The molecule has 1 aromatic rings. The van der Waals surface area contributed by atoms with E-state index in [-0.39, 0.29) is 0 Å². The van der Waals surface area contributed by atoms with Crippen LogP contribution in [0.15, 0.2) is 24.3 Å². The quantitative estimate of drug-likeness (QED) is 0.820. The van der Waals surface area contributed by atoms with Crippen molar-refractivity contribution in [1.29, 1.82) is 0 Å².